The van der Waals surface area contributed by atoms with Crippen LogP contribution in [0, 0.1) is 13.8 Å². The van der Waals surface area contributed by atoms with Crippen LogP contribution in [0.3, 0.4) is 0 Å². The van der Waals surface area contributed by atoms with Crippen molar-refractivity contribution in [2.45, 2.75) is 39.0 Å². The number of carboxylic acids is 1. The van der Waals surface area contributed by atoms with Gasteiger partial charge in [0.1, 0.15) is 6.04 Å². The number of nitrogens with one attached hydrogen (secondary N) is 1. The fourth-order valence-corrected chi connectivity index (χ4v) is 2.36. The lowest BCUT2D eigenvalue weighted by atomic mass is 9.98. The number of benzene rings is 1. The lowest BCUT2D eigenvalue weighted by Crippen LogP contribution is -2.52. The molecule has 1 saturated heterocycles. The van der Waals surface area contributed by atoms with Crippen LogP contribution in [0.1, 0.15) is 29.7 Å². The Labute approximate surface area is 107 Å². The summed E-state index contributed by atoms with van der Waals surface area (Å²) in [5, 5.41) is 12.1. The van der Waals surface area contributed by atoms with E-state index in [4.69, 9.17) is 9.84 Å². The van der Waals surface area contributed by atoms with E-state index in [0.717, 1.165) is 5.56 Å². The van der Waals surface area contributed by atoms with E-state index in [1.165, 1.54) is 11.1 Å². The molecule has 2 rings (SSSR count). The van der Waals surface area contributed by atoms with Crippen LogP contribution in [0.15, 0.2) is 18.2 Å². The first-order chi connectivity index (χ1) is 8.49. The van der Waals surface area contributed by atoms with Gasteiger partial charge in [0.15, 0.2) is 0 Å². The van der Waals surface area contributed by atoms with Crippen LogP contribution >= 0.6 is 0 Å². The largest absolute Gasteiger partial charge is 0.480 e. The van der Waals surface area contributed by atoms with E-state index in [-0.39, 0.29) is 12.2 Å². The Hall–Kier alpha value is -1.39. The lowest BCUT2D eigenvalue weighted by Gasteiger charge is -2.34. The van der Waals surface area contributed by atoms with E-state index in [0.29, 0.717) is 6.54 Å². The fourth-order valence-electron chi connectivity index (χ4n) is 2.36. The molecule has 0 aliphatic carbocycles. The van der Waals surface area contributed by atoms with E-state index in [1.54, 1.807) is 6.92 Å². The Bertz CT molecular complexity index is 458. The lowest BCUT2D eigenvalue weighted by molar-refractivity contribution is -0.149. The third kappa shape index (κ3) is 2.54. The van der Waals surface area contributed by atoms with Gasteiger partial charge in [0.2, 0.25) is 0 Å². The molecule has 1 aliphatic rings. The number of hydrogen-bond donors (Lipinski definition) is 2. The SMILES string of the molecule is Cc1ccc(C)c(C2CNC(C(=O)O)C(C)O2)c1. The van der Waals surface area contributed by atoms with Gasteiger partial charge < -0.3 is 9.84 Å². The standard InChI is InChI=1S/C14H19NO3/c1-8-4-5-9(2)11(6-8)12-7-15-13(14(16)17)10(3)18-12/h4-6,10,12-13,15H,7H2,1-3H3,(H,16,17). The second-order valence-electron chi connectivity index (χ2n) is 4.91. The van der Waals surface area contributed by atoms with Crippen molar-refractivity contribution in [2.24, 2.45) is 0 Å². The summed E-state index contributed by atoms with van der Waals surface area (Å²) in [4.78, 5) is 11.0. The van der Waals surface area contributed by atoms with Gasteiger partial charge in [0.05, 0.1) is 12.2 Å². The first-order valence-corrected chi connectivity index (χ1v) is 6.18. The van der Waals surface area contributed by atoms with Gasteiger partial charge in [-0.2, -0.15) is 0 Å². The van der Waals surface area contributed by atoms with Crippen LogP contribution in [0.5, 0.6) is 0 Å². The second-order valence-corrected chi connectivity index (χ2v) is 4.91. The normalized spacial score (nSPS) is 28.1. The van der Waals surface area contributed by atoms with Gasteiger partial charge in [-0.1, -0.05) is 23.8 Å². The number of carboxylic acid groups (broad SMARTS) is 1. The van der Waals surface area contributed by atoms with Crippen molar-refractivity contribution in [3.63, 3.8) is 0 Å². The second kappa shape index (κ2) is 5.08. The molecule has 0 amide bonds. The van der Waals surface area contributed by atoms with Crippen LogP contribution in [0.25, 0.3) is 0 Å². The van der Waals surface area contributed by atoms with Crippen molar-refractivity contribution in [2.75, 3.05) is 6.54 Å². The molecule has 4 heteroatoms. The molecule has 1 heterocycles. The first-order valence-electron chi connectivity index (χ1n) is 6.18. The Morgan fingerprint density at radius 3 is 2.78 bits per heavy atom. The number of rotatable bonds is 2. The molecule has 0 radical (unpaired) electrons. The minimum Gasteiger partial charge on any atom is -0.480 e. The van der Waals surface area contributed by atoms with E-state index in [1.807, 2.05) is 13.8 Å². The first kappa shape index (κ1) is 13.1. The van der Waals surface area contributed by atoms with Gasteiger partial charge >= 0.3 is 5.97 Å². The molecule has 1 fully saturated rings. The van der Waals surface area contributed by atoms with E-state index < -0.39 is 12.0 Å². The summed E-state index contributed by atoms with van der Waals surface area (Å²) < 4.78 is 5.84. The maximum atomic E-state index is 11.0. The highest BCUT2D eigenvalue weighted by atomic mass is 16.5. The number of morpholine rings is 1. The average molecular weight is 249 g/mol. The van der Waals surface area contributed by atoms with Crippen molar-refractivity contribution in [3.05, 3.63) is 34.9 Å². The quantitative estimate of drug-likeness (QED) is 0.839. The molecular weight excluding hydrogens is 230 g/mol. The fraction of sp³-hybridized carbons (Fsp3) is 0.500. The summed E-state index contributed by atoms with van der Waals surface area (Å²) in [6.07, 6.45) is -0.406. The monoisotopic (exact) mass is 249 g/mol. The molecule has 1 aromatic rings. The minimum atomic E-state index is -0.859. The van der Waals surface area contributed by atoms with Gasteiger partial charge in [0.25, 0.3) is 0 Å². The van der Waals surface area contributed by atoms with E-state index in [9.17, 15) is 4.79 Å². The van der Waals surface area contributed by atoms with Gasteiger partial charge in [-0.05, 0) is 31.9 Å². The third-order valence-corrected chi connectivity index (χ3v) is 3.42. The number of aliphatic carboxylic acids is 1. The maximum Gasteiger partial charge on any atom is 0.323 e. The Balaban J connectivity index is 2.17. The zero-order valence-corrected chi connectivity index (χ0v) is 10.9. The number of ether oxygens (including phenoxy) is 1. The molecule has 18 heavy (non-hydrogen) atoms. The third-order valence-electron chi connectivity index (χ3n) is 3.42. The Morgan fingerprint density at radius 1 is 1.44 bits per heavy atom. The number of aryl methyl sites for hydroxylation is 2. The van der Waals surface area contributed by atoms with Crippen molar-refractivity contribution in [1.82, 2.24) is 5.32 Å². The molecule has 0 spiro atoms. The summed E-state index contributed by atoms with van der Waals surface area (Å²) >= 11 is 0. The molecule has 1 aliphatic heterocycles. The summed E-state index contributed by atoms with van der Waals surface area (Å²) in [5.41, 5.74) is 3.50. The molecule has 3 unspecified atom stereocenters. The van der Waals surface area contributed by atoms with Crippen LogP contribution in [-0.4, -0.2) is 29.8 Å². The highest BCUT2D eigenvalue weighted by molar-refractivity contribution is 5.74. The molecule has 1 aromatic carbocycles. The van der Waals surface area contributed by atoms with Crippen LogP contribution in [-0.2, 0) is 9.53 Å². The topological polar surface area (TPSA) is 58.6 Å². The molecule has 0 bridgehead atoms. The summed E-state index contributed by atoms with van der Waals surface area (Å²) in [7, 11) is 0. The van der Waals surface area contributed by atoms with Gasteiger partial charge in [-0.25, -0.2) is 0 Å². The van der Waals surface area contributed by atoms with Crippen LogP contribution in [0.2, 0.25) is 0 Å². The van der Waals surface area contributed by atoms with Gasteiger partial charge in [-0.3, -0.25) is 10.1 Å². The molecule has 4 nitrogen and oxygen atoms in total. The van der Waals surface area contributed by atoms with Crippen molar-refractivity contribution >= 4 is 5.97 Å². The van der Waals surface area contributed by atoms with Crippen molar-refractivity contribution < 1.29 is 14.6 Å². The molecule has 98 valence electrons. The smallest absolute Gasteiger partial charge is 0.323 e. The molecule has 2 N–H and O–H groups in total. The molecule has 0 saturated carbocycles. The van der Waals surface area contributed by atoms with E-state index >= 15 is 0 Å². The zero-order valence-electron chi connectivity index (χ0n) is 10.9. The van der Waals surface area contributed by atoms with Crippen LogP contribution < -0.4 is 5.32 Å². The summed E-state index contributed by atoms with van der Waals surface area (Å²) in [6.45, 7) is 6.42. The van der Waals surface area contributed by atoms with Gasteiger partial charge in [-0.15, -0.1) is 0 Å². The highest BCUT2D eigenvalue weighted by Crippen LogP contribution is 2.27. The van der Waals surface area contributed by atoms with Gasteiger partial charge in [0, 0.05) is 6.54 Å². The molecular formula is C14H19NO3. The molecule has 0 aromatic heterocycles. The Morgan fingerprint density at radius 2 is 2.17 bits per heavy atom. The van der Waals surface area contributed by atoms with E-state index in [2.05, 4.69) is 23.5 Å². The number of hydrogen-bond acceptors (Lipinski definition) is 3. The summed E-state index contributed by atoms with van der Waals surface area (Å²) in [6, 6.07) is 5.63. The highest BCUT2D eigenvalue weighted by Gasteiger charge is 2.33. The van der Waals surface area contributed by atoms with Crippen molar-refractivity contribution in [1.29, 1.82) is 0 Å². The zero-order chi connectivity index (χ0) is 13.3. The minimum absolute atomic E-state index is 0.0736. The van der Waals surface area contributed by atoms with Crippen LogP contribution in [0.4, 0.5) is 0 Å². The number of carbonyl (C=O) groups is 1. The predicted octanol–water partition coefficient (Wildman–Crippen LogP) is 1.81. The average Bonchev–Trinajstić information content (AvgIpc) is 2.31. The maximum absolute atomic E-state index is 11.0. The van der Waals surface area contributed by atoms with Crippen molar-refractivity contribution in [3.8, 4) is 0 Å². The summed E-state index contributed by atoms with van der Waals surface area (Å²) in [5.74, 6) is -0.859. The predicted molar refractivity (Wildman–Crippen MR) is 68.6 cm³/mol. The Kier molecular flexibility index (Phi) is 3.68. The molecule has 3 atom stereocenters.